The molecule has 0 saturated heterocycles. The highest BCUT2D eigenvalue weighted by Crippen LogP contribution is 2.26. The first-order valence-electron chi connectivity index (χ1n) is 10.3. The Kier molecular flexibility index (Phi) is 2.82. The van der Waals surface area contributed by atoms with Gasteiger partial charge in [0.1, 0.15) is 5.82 Å². The highest BCUT2D eigenvalue weighted by atomic mass is 19.1. The summed E-state index contributed by atoms with van der Waals surface area (Å²) in [6.45, 7) is -1.97. The predicted molar refractivity (Wildman–Crippen MR) is 93.6 cm³/mol. The molecule has 0 aliphatic carbocycles. The van der Waals surface area contributed by atoms with Crippen LogP contribution in [0.25, 0.3) is 22.4 Å². The third-order valence-corrected chi connectivity index (χ3v) is 3.45. The van der Waals surface area contributed by atoms with E-state index in [9.17, 15) is 4.39 Å². The molecule has 1 unspecified atom stereocenters. The van der Waals surface area contributed by atoms with E-state index < -0.39 is 30.5 Å². The lowest BCUT2D eigenvalue weighted by Crippen LogP contribution is -1.98. The standard InChI is InChI=1S/C21H20FN/c1-15(2)12-19-13-17(8-9-20(19)22)18-10-11-23-21(14-18)16-6-4-3-5-7-16/h3-11,13-15H,12H2,1-2H3/i1D3,12D2,15D. The molecule has 0 spiro atoms. The lowest BCUT2D eigenvalue weighted by atomic mass is 9.97. The maximum atomic E-state index is 14.5. The summed E-state index contributed by atoms with van der Waals surface area (Å²) in [5, 5.41) is 0. The molecular weight excluding hydrogens is 285 g/mol. The summed E-state index contributed by atoms with van der Waals surface area (Å²) in [6.07, 6.45) is -1.14. The number of pyridine rings is 1. The molecule has 0 fully saturated rings. The Balaban J connectivity index is 2.09. The molecule has 3 rings (SSSR count). The summed E-state index contributed by atoms with van der Waals surface area (Å²) >= 11 is 0. The van der Waals surface area contributed by atoms with E-state index in [0.29, 0.717) is 16.8 Å². The molecule has 1 aromatic heterocycles. The van der Waals surface area contributed by atoms with Gasteiger partial charge in [-0.1, -0.05) is 50.2 Å². The molecule has 116 valence electrons. The maximum absolute atomic E-state index is 14.5. The van der Waals surface area contributed by atoms with Crippen molar-refractivity contribution in [3.8, 4) is 22.4 Å². The first-order valence-corrected chi connectivity index (χ1v) is 7.27. The van der Waals surface area contributed by atoms with Crippen LogP contribution in [-0.4, -0.2) is 4.98 Å². The van der Waals surface area contributed by atoms with Gasteiger partial charge >= 0.3 is 0 Å². The molecule has 1 heterocycles. The van der Waals surface area contributed by atoms with Crippen LogP contribution in [0.1, 0.15) is 27.6 Å². The maximum Gasteiger partial charge on any atom is 0.126 e. The van der Waals surface area contributed by atoms with E-state index in [1.165, 1.54) is 12.1 Å². The summed E-state index contributed by atoms with van der Waals surface area (Å²) in [4.78, 5) is 4.34. The van der Waals surface area contributed by atoms with Crippen molar-refractivity contribution in [3.05, 3.63) is 78.2 Å². The minimum absolute atomic E-state index is 0.457. The van der Waals surface area contributed by atoms with Crippen LogP contribution in [0.2, 0.25) is 0 Å². The highest BCUT2D eigenvalue weighted by molar-refractivity contribution is 5.70. The van der Waals surface area contributed by atoms with Gasteiger partial charge < -0.3 is 0 Å². The van der Waals surface area contributed by atoms with Crippen molar-refractivity contribution in [2.24, 2.45) is 5.89 Å². The molecule has 2 aromatic carbocycles. The van der Waals surface area contributed by atoms with E-state index >= 15 is 0 Å². The van der Waals surface area contributed by atoms with Crippen molar-refractivity contribution >= 4 is 0 Å². The Morgan fingerprint density at radius 2 is 1.87 bits per heavy atom. The minimum Gasteiger partial charge on any atom is -0.256 e. The van der Waals surface area contributed by atoms with Crippen molar-refractivity contribution in [2.45, 2.75) is 20.1 Å². The van der Waals surface area contributed by atoms with Gasteiger partial charge in [0.05, 0.1) is 5.69 Å². The monoisotopic (exact) mass is 311 g/mol. The second-order valence-corrected chi connectivity index (χ2v) is 5.24. The Morgan fingerprint density at radius 1 is 1.09 bits per heavy atom. The number of hydrogen-bond donors (Lipinski definition) is 0. The second kappa shape index (κ2) is 6.74. The highest BCUT2D eigenvalue weighted by Gasteiger charge is 2.08. The molecule has 1 atom stereocenters. The van der Waals surface area contributed by atoms with Gasteiger partial charge in [0.2, 0.25) is 0 Å². The molecule has 3 aromatic rings. The van der Waals surface area contributed by atoms with Gasteiger partial charge in [-0.3, -0.25) is 4.98 Å². The molecule has 1 nitrogen and oxygen atoms in total. The summed E-state index contributed by atoms with van der Waals surface area (Å²) < 4.78 is 61.8. The summed E-state index contributed by atoms with van der Waals surface area (Å²) in [5.41, 5.74) is 2.32. The third kappa shape index (κ3) is 3.65. The second-order valence-electron chi connectivity index (χ2n) is 5.24. The lowest BCUT2D eigenvalue weighted by molar-refractivity contribution is 0.574. The fourth-order valence-electron chi connectivity index (χ4n) is 2.38. The van der Waals surface area contributed by atoms with E-state index in [1.807, 2.05) is 30.3 Å². The smallest absolute Gasteiger partial charge is 0.126 e. The van der Waals surface area contributed by atoms with Crippen LogP contribution in [0.15, 0.2) is 66.9 Å². The van der Waals surface area contributed by atoms with Gasteiger partial charge in [0.15, 0.2) is 0 Å². The number of benzene rings is 2. The average Bonchev–Trinajstić information content (AvgIpc) is 2.68. The third-order valence-electron chi connectivity index (χ3n) is 3.45. The van der Waals surface area contributed by atoms with Crippen LogP contribution in [0.4, 0.5) is 4.39 Å². The number of halogens is 1. The van der Waals surface area contributed by atoms with E-state index in [-0.39, 0.29) is 0 Å². The summed E-state index contributed by atoms with van der Waals surface area (Å²) in [7, 11) is 0. The van der Waals surface area contributed by atoms with Crippen LogP contribution >= 0.6 is 0 Å². The van der Waals surface area contributed by atoms with Crippen molar-refractivity contribution in [2.75, 3.05) is 0 Å². The van der Waals surface area contributed by atoms with Crippen molar-refractivity contribution < 1.29 is 12.6 Å². The fourth-order valence-corrected chi connectivity index (χ4v) is 2.38. The molecule has 0 radical (unpaired) electrons. The van der Waals surface area contributed by atoms with Crippen molar-refractivity contribution in [1.82, 2.24) is 4.98 Å². The number of aromatic nitrogens is 1. The zero-order valence-electron chi connectivity index (χ0n) is 18.7. The zero-order chi connectivity index (χ0) is 21.4. The van der Waals surface area contributed by atoms with Gasteiger partial charge in [0.25, 0.3) is 0 Å². The fraction of sp³-hybridized carbons (Fsp3) is 0.190. The molecule has 23 heavy (non-hydrogen) atoms. The Labute approximate surface area is 145 Å². The topological polar surface area (TPSA) is 12.9 Å². The lowest BCUT2D eigenvalue weighted by Gasteiger charge is -2.10. The van der Waals surface area contributed by atoms with Crippen LogP contribution < -0.4 is 0 Å². The van der Waals surface area contributed by atoms with Crippen molar-refractivity contribution in [3.63, 3.8) is 0 Å². The first-order chi connectivity index (χ1) is 13.4. The van der Waals surface area contributed by atoms with Gasteiger partial charge in [-0.25, -0.2) is 4.39 Å². The molecular formula is C21H20FN. The van der Waals surface area contributed by atoms with E-state index in [4.69, 9.17) is 8.22 Å². The van der Waals surface area contributed by atoms with Crippen LogP contribution in [0, 0.1) is 11.7 Å². The first kappa shape index (κ1) is 9.61. The van der Waals surface area contributed by atoms with Gasteiger partial charge in [-0.15, -0.1) is 0 Å². The number of hydrogen-bond acceptors (Lipinski definition) is 1. The quantitative estimate of drug-likeness (QED) is 0.597. The average molecular weight is 311 g/mol. The van der Waals surface area contributed by atoms with Crippen LogP contribution in [0.5, 0.6) is 0 Å². The van der Waals surface area contributed by atoms with Gasteiger partial charge in [-0.05, 0) is 53.2 Å². The SMILES string of the molecule is [2H]C([2H])([2H])C([2H])(C)C([2H])([2H])c1cc(-c2ccnc(-c3ccccc3)c2)ccc1F. The molecule has 0 amide bonds. The number of nitrogens with zero attached hydrogens (tertiary/aromatic N) is 1. The number of rotatable bonds is 4. The Hall–Kier alpha value is -2.48. The van der Waals surface area contributed by atoms with E-state index in [1.54, 1.807) is 18.3 Å². The molecule has 2 heteroatoms. The van der Waals surface area contributed by atoms with Crippen molar-refractivity contribution in [1.29, 1.82) is 0 Å². The molecule has 0 bridgehead atoms. The van der Waals surface area contributed by atoms with Crippen LogP contribution in [0.3, 0.4) is 0 Å². The van der Waals surface area contributed by atoms with E-state index in [2.05, 4.69) is 4.98 Å². The molecule has 0 N–H and O–H groups in total. The predicted octanol–water partition coefficient (Wildman–Crippen LogP) is 5.75. The summed E-state index contributed by atoms with van der Waals surface area (Å²) in [5.74, 6) is -3.42. The van der Waals surface area contributed by atoms with Gasteiger partial charge in [0, 0.05) is 20.0 Å². The van der Waals surface area contributed by atoms with E-state index in [0.717, 1.165) is 18.6 Å². The van der Waals surface area contributed by atoms with Crippen LogP contribution in [-0.2, 0) is 6.37 Å². The molecule has 0 aliphatic rings. The largest absolute Gasteiger partial charge is 0.256 e. The summed E-state index contributed by atoms with van der Waals surface area (Å²) in [6, 6.07) is 16.9. The minimum atomic E-state index is -2.93. The molecule has 0 saturated carbocycles. The Morgan fingerprint density at radius 3 is 2.65 bits per heavy atom. The zero-order valence-corrected chi connectivity index (χ0v) is 12.7. The van der Waals surface area contributed by atoms with Gasteiger partial charge in [-0.2, -0.15) is 0 Å². The Bertz CT molecular complexity index is 1020. The molecule has 0 aliphatic heterocycles. The normalized spacial score (nSPS) is 18.5.